The van der Waals surface area contributed by atoms with E-state index in [4.69, 9.17) is 0 Å². The van der Waals surface area contributed by atoms with Crippen molar-refractivity contribution >= 4 is 60.6 Å². The number of hydrogen-bond donors (Lipinski definition) is 0. The second-order valence-electron chi connectivity index (χ2n) is 9.75. The first-order valence-corrected chi connectivity index (χ1v) is 15.1. The molecule has 0 aliphatic rings. The number of anilines is 3. The molecule has 0 aliphatic carbocycles. The van der Waals surface area contributed by atoms with Gasteiger partial charge in [-0.05, 0) is 100 Å². The number of nitrogens with zero attached hydrogens (tertiary/aromatic N) is 1. The molecule has 0 amide bonds. The summed E-state index contributed by atoms with van der Waals surface area (Å²) in [6.45, 7) is 0. The average molecular weight is 657 g/mol. The first-order valence-electron chi connectivity index (χ1n) is 13.5. The summed E-state index contributed by atoms with van der Waals surface area (Å²) in [5.41, 5.74) is 10.5. The highest BCUT2D eigenvalue weighted by Crippen LogP contribution is 2.36. The van der Waals surface area contributed by atoms with Crippen LogP contribution < -0.4 is 4.90 Å². The lowest BCUT2D eigenvalue weighted by atomic mass is 9.94. The van der Waals surface area contributed by atoms with Crippen molar-refractivity contribution < 1.29 is 0 Å². The van der Waals surface area contributed by atoms with Crippen LogP contribution in [0.25, 0.3) is 22.8 Å². The SMILES string of the molecule is Brc1ccc(/C=C(\c2ccc(Br)cc2)c2ccc(-c3ccc(N(c4ccccc4)c4ccccc4)cc3)cc2)cc1. The number of benzene rings is 6. The van der Waals surface area contributed by atoms with Crippen molar-refractivity contribution in [3.8, 4) is 11.1 Å². The fraction of sp³-hybridized carbons (Fsp3) is 0. The molecule has 0 heterocycles. The molecule has 41 heavy (non-hydrogen) atoms. The highest BCUT2D eigenvalue weighted by atomic mass is 79.9. The Morgan fingerprint density at radius 1 is 0.415 bits per heavy atom. The molecule has 0 aromatic heterocycles. The van der Waals surface area contributed by atoms with Crippen LogP contribution in [0.2, 0.25) is 0 Å². The van der Waals surface area contributed by atoms with Gasteiger partial charge in [0.05, 0.1) is 0 Å². The summed E-state index contributed by atoms with van der Waals surface area (Å²) in [7, 11) is 0. The summed E-state index contributed by atoms with van der Waals surface area (Å²) in [6, 6.07) is 55.6. The lowest BCUT2D eigenvalue weighted by Gasteiger charge is -2.25. The molecule has 0 fully saturated rings. The molecule has 6 aromatic carbocycles. The van der Waals surface area contributed by atoms with E-state index in [1.54, 1.807) is 0 Å². The van der Waals surface area contributed by atoms with Crippen molar-refractivity contribution in [2.75, 3.05) is 4.90 Å². The molecule has 0 aliphatic heterocycles. The van der Waals surface area contributed by atoms with E-state index < -0.39 is 0 Å². The fourth-order valence-electron chi connectivity index (χ4n) is 4.93. The number of para-hydroxylation sites is 2. The van der Waals surface area contributed by atoms with Gasteiger partial charge in [-0.25, -0.2) is 0 Å². The van der Waals surface area contributed by atoms with Crippen molar-refractivity contribution in [3.05, 3.63) is 183 Å². The van der Waals surface area contributed by atoms with Gasteiger partial charge in [-0.1, -0.05) is 129 Å². The fourth-order valence-corrected chi connectivity index (χ4v) is 5.46. The smallest absolute Gasteiger partial charge is 0.0462 e. The van der Waals surface area contributed by atoms with Crippen molar-refractivity contribution in [3.63, 3.8) is 0 Å². The van der Waals surface area contributed by atoms with E-state index in [1.807, 2.05) is 0 Å². The van der Waals surface area contributed by atoms with E-state index in [1.165, 1.54) is 27.8 Å². The summed E-state index contributed by atoms with van der Waals surface area (Å²) in [4.78, 5) is 2.28. The minimum Gasteiger partial charge on any atom is -0.311 e. The third-order valence-corrected chi connectivity index (χ3v) is 8.08. The molecule has 0 saturated heterocycles. The van der Waals surface area contributed by atoms with E-state index in [9.17, 15) is 0 Å². The Morgan fingerprint density at radius 3 is 1.29 bits per heavy atom. The Morgan fingerprint density at radius 2 is 0.805 bits per heavy atom. The summed E-state index contributed by atoms with van der Waals surface area (Å²) >= 11 is 7.12. The van der Waals surface area contributed by atoms with Crippen LogP contribution in [0.5, 0.6) is 0 Å². The molecule has 0 spiro atoms. The summed E-state index contributed by atoms with van der Waals surface area (Å²) in [6.07, 6.45) is 2.25. The van der Waals surface area contributed by atoms with Crippen LogP contribution in [-0.4, -0.2) is 0 Å². The van der Waals surface area contributed by atoms with E-state index >= 15 is 0 Å². The van der Waals surface area contributed by atoms with Crippen LogP contribution in [0.15, 0.2) is 167 Å². The molecule has 1 nitrogen and oxygen atoms in total. The molecule has 0 atom stereocenters. The highest BCUT2D eigenvalue weighted by Gasteiger charge is 2.12. The van der Waals surface area contributed by atoms with Gasteiger partial charge in [0.15, 0.2) is 0 Å². The molecular weight excluding hydrogens is 630 g/mol. The lowest BCUT2D eigenvalue weighted by Crippen LogP contribution is -2.09. The largest absolute Gasteiger partial charge is 0.311 e. The van der Waals surface area contributed by atoms with Gasteiger partial charge in [0.2, 0.25) is 0 Å². The van der Waals surface area contributed by atoms with Crippen LogP contribution in [0, 0.1) is 0 Å². The maximum absolute atomic E-state index is 3.57. The topological polar surface area (TPSA) is 3.24 Å². The van der Waals surface area contributed by atoms with Gasteiger partial charge < -0.3 is 4.90 Å². The van der Waals surface area contributed by atoms with Gasteiger partial charge in [0, 0.05) is 26.0 Å². The normalized spacial score (nSPS) is 11.3. The first-order chi connectivity index (χ1) is 20.1. The monoisotopic (exact) mass is 655 g/mol. The Labute approximate surface area is 258 Å². The molecule has 0 bridgehead atoms. The molecular formula is C38H27Br2N. The third kappa shape index (κ3) is 6.43. The molecule has 198 valence electrons. The molecule has 0 radical (unpaired) electrons. The first kappa shape index (κ1) is 27.0. The lowest BCUT2D eigenvalue weighted by molar-refractivity contribution is 1.28. The highest BCUT2D eigenvalue weighted by molar-refractivity contribution is 9.10. The van der Waals surface area contributed by atoms with E-state index in [0.717, 1.165) is 31.6 Å². The van der Waals surface area contributed by atoms with Gasteiger partial charge in [0.25, 0.3) is 0 Å². The van der Waals surface area contributed by atoms with Crippen LogP contribution in [0.3, 0.4) is 0 Å². The van der Waals surface area contributed by atoms with Crippen molar-refractivity contribution in [2.24, 2.45) is 0 Å². The van der Waals surface area contributed by atoms with Crippen LogP contribution >= 0.6 is 31.9 Å². The summed E-state index contributed by atoms with van der Waals surface area (Å²) in [5, 5.41) is 0. The third-order valence-electron chi connectivity index (χ3n) is 7.02. The zero-order chi connectivity index (χ0) is 28.0. The van der Waals surface area contributed by atoms with Crippen molar-refractivity contribution in [2.45, 2.75) is 0 Å². The number of rotatable bonds is 7. The Kier molecular flexibility index (Phi) is 8.27. The zero-order valence-electron chi connectivity index (χ0n) is 22.3. The average Bonchev–Trinajstić information content (AvgIpc) is 3.03. The zero-order valence-corrected chi connectivity index (χ0v) is 25.5. The van der Waals surface area contributed by atoms with E-state index in [2.05, 4.69) is 201 Å². The Balaban J connectivity index is 1.32. The van der Waals surface area contributed by atoms with Gasteiger partial charge in [0.1, 0.15) is 0 Å². The molecule has 3 heteroatoms. The van der Waals surface area contributed by atoms with Crippen LogP contribution in [0.4, 0.5) is 17.1 Å². The van der Waals surface area contributed by atoms with E-state index in [-0.39, 0.29) is 0 Å². The predicted molar refractivity (Wildman–Crippen MR) is 182 cm³/mol. The minimum atomic E-state index is 1.07. The predicted octanol–water partition coefficient (Wildman–Crippen LogP) is 11.9. The number of hydrogen-bond acceptors (Lipinski definition) is 1. The van der Waals surface area contributed by atoms with Gasteiger partial charge in [-0.15, -0.1) is 0 Å². The van der Waals surface area contributed by atoms with Gasteiger partial charge in [-0.3, -0.25) is 0 Å². The molecule has 0 saturated carbocycles. The van der Waals surface area contributed by atoms with Gasteiger partial charge >= 0.3 is 0 Å². The molecule has 6 rings (SSSR count). The maximum atomic E-state index is 3.57. The van der Waals surface area contributed by atoms with Crippen molar-refractivity contribution in [1.82, 2.24) is 0 Å². The van der Waals surface area contributed by atoms with Crippen molar-refractivity contribution in [1.29, 1.82) is 0 Å². The molecule has 6 aromatic rings. The minimum absolute atomic E-state index is 1.07. The van der Waals surface area contributed by atoms with Crippen LogP contribution in [0.1, 0.15) is 16.7 Å². The molecule has 0 unspecified atom stereocenters. The van der Waals surface area contributed by atoms with E-state index in [0.29, 0.717) is 0 Å². The second kappa shape index (κ2) is 12.6. The standard InChI is InChI=1S/C38H27Br2N/c39-33-21-11-28(12-22-33)27-38(32-17-23-34(40)24-18-32)31-15-13-29(14-16-31)30-19-25-37(26-20-30)41(35-7-3-1-4-8-35)36-9-5-2-6-10-36/h1-27H/b38-27-. The maximum Gasteiger partial charge on any atom is 0.0462 e. The second-order valence-corrected chi connectivity index (χ2v) is 11.6. The van der Waals surface area contributed by atoms with Gasteiger partial charge in [-0.2, -0.15) is 0 Å². The quantitative estimate of drug-likeness (QED) is 0.155. The Hall–Kier alpha value is -4.18. The summed E-state index contributed by atoms with van der Waals surface area (Å²) < 4.78 is 2.15. The summed E-state index contributed by atoms with van der Waals surface area (Å²) in [5.74, 6) is 0. The Bertz CT molecular complexity index is 1700. The molecule has 0 N–H and O–H groups in total. The number of halogens is 2. The van der Waals surface area contributed by atoms with Crippen LogP contribution in [-0.2, 0) is 0 Å².